The third kappa shape index (κ3) is 4.21. The summed E-state index contributed by atoms with van der Waals surface area (Å²) in [6, 6.07) is 4.47. The van der Waals surface area contributed by atoms with Crippen molar-refractivity contribution in [2.45, 2.75) is 12.8 Å². The average Bonchev–Trinajstić information content (AvgIpc) is 2.60. The molecule has 0 aliphatic carbocycles. The van der Waals surface area contributed by atoms with Gasteiger partial charge in [0.25, 0.3) is 11.6 Å². The Morgan fingerprint density at radius 2 is 2.12 bits per heavy atom. The summed E-state index contributed by atoms with van der Waals surface area (Å²) in [5, 5.41) is 20.3. The molecule has 0 aromatic heterocycles. The second-order valence-corrected chi connectivity index (χ2v) is 6.10. The van der Waals surface area contributed by atoms with Crippen LogP contribution in [-0.2, 0) is 4.74 Å². The van der Waals surface area contributed by atoms with E-state index < -0.39 is 4.92 Å². The summed E-state index contributed by atoms with van der Waals surface area (Å²) in [7, 11) is 3.16. The zero-order valence-corrected chi connectivity index (χ0v) is 14.1. The maximum absolute atomic E-state index is 11.7. The summed E-state index contributed by atoms with van der Waals surface area (Å²) in [6.45, 7) is 3.00. The van der Waals surface area contributed by atoms with E-state index in [1.165, 1.54) is 13.1 Å². The molecule has 3 N–H and O–H groups in total. The molecule has 1 saturated heterocycles. The first-order chi connectivity index (χ1) is 11.5. The quantitative estimate of drug-likeness (QED) is 0.513. The predicted molar refractivity (Wildman–Crippen MR) is 91.4 cm³/mol. The molecule has 0 spiro atoms. The molecule has 0 bridgehead atoms. The third-order valence-electron chi connectivity index (χ3n) is 4.45. The summed E-state index contributed by atoms with van der Waals surface area (Å²) >= 11 is 0. The van der Waals surface area contributed by atoms with Gasteiger partial charge >= 0.3 is 0 Å². The van der Waals surface area contributed by atoms with Crippen molar-refractivity contribution in [3.8, 4) is 0 Å². The van der Waals surface area contributed by atoms with Crippen LogP contribution in [0.3, 0.4) is 0 Å². The van der Waals surface area contributed by atoms with E-state index in [0.29, 0.717) is 18.8 Å². The van der Waals surface area contributed by atoms with Gasteiger partial charge in [-0.3, -0.25) is 14.9 Å². The van der Waals surface area contributed by atoms with Crippen LogP contribution in [0.1, 0.15) is 23.2 Å². The Morgan fingerprint density at radius 3 is 2.71 bits per heavy atom. The van der Waals surface area contributed by atoms with Crippen molar-refractivity contribution in [2.75, 3.05) is 45.7 Å². The molecular formula is C16H24N4O4. The van der Waals surface area contributed by atoms with Gasteiger partial charge in [0.2, 0.25) is 0 Å². The van der Waals surface area contributed by atoms with Crippen LogP contribution in [0.2, 0.25) is 0 Å². The molecule has 1 aromatic rings. The maximum Gasteiger partial charge on any atom is 0.293 e. The molecule has 24 heavy (non-hydrogen) atoms. The van der Waals surface area contributed by atoms with Gasteiger partial charge in [-0.2, -0.15) is 0 Å². The minimum absolute atomic E-state index is 0.0483. The van der Waals surface area contributed by atoms with Crippen LogP contribution >= 0.6 is 0 Å². The Hall–Kier alpha value is -2.19. The van der Waals surface area contributed by atoms with E-state index in [4.69, 9.17) is 4.74 Å². The summed E-state index contributed by atoms with van der Waals surface area (Å²) in [4.78, 5) is 22.5. The van der Waals surface area contributed by atoms with Gasteiger partial charge in [-0.1, -0.05) is 0 Å². The Balaban J connectivity index is 2.18. The van der Waals surface area contributed by atoms with Crippen molar-refractivity contribution in [3.05, 3.63) is 33.9 Å². The topological polar surface area (TPSA) is 106 Å². The number of benzene rings is 1. The molecule has 2 rings (SSSR count). The molecule has 0 saturated carbocycles. The van der Waals surface area contributed by atoms with E-state index in [1.54, 1.807) is 19.2 Å². The van der Waals surface area contributed by atoms with Gasteiger partial charge in [0.15, 0.2) is 0 Å². The minimum Gasteiger partial charge on any atom is -0.384 e. The van der Waals surface area contributed by atoms with Crippen molar-refractivity contribution in [3.63, 3.8) is 0 Å². The van der Waals surface area contributed by atoms with Gasteiger partial charge in [-0.05, 0) is 38.1 Å². The van der Waals surface area contributed by atoms with Crippen LogP contribution in [0.25, 0.3) is 0 Å². The largest absolute Gasteiger partial charge is 0.384 e. The lowest BCUT2D eigenvalue weighted by Crippen LogP contribution is -2.44. The molecule has 132 valence electrons. The average molecular weight is 336 g/mol. The van der Waals surface area contributed by atoms with E-state index >= 15 is 0 Å². The number of nitrogens with one attached hydrogen (secondary N) is 3. The molecule has 8 nitrogen and oxygen atoms in total. The lowest BCUT2D eigenvalue weighted by atomic mass is 9.79. The third-order valence-corrected chi connectivity index (χ3v) is 4.45. The summed E-state index contributed by atoms with van der Waals surface area (Å²) in [5.41, 5.74) is 0.537. The van der Waals surface area contributed by atoms with E-state index in [0.717, 1.165) is 25.9 Å². The number of methoxy groups -OCH3 is 1. The number of nitro benzene ring substituents is 1. The second-order valence-electron chi connectivity index (χ2n) is 6.10. The molecule has 0 unspecified atom stereocenters. The van der Waals surface area contributed by atoms with Crippen LogP contribution in [0.15, 0.2) is 18.2 Å². The van der Waals surface area contributed by atoms with Crippen molar-refractivity contribution < 1.29 is 14.5 Å². The summed E-state index contributed by atoms with van der Waals surface area (Å²) < 4.78 is 5.36. The normalized spacial score (nSPS) is 16.4. The highest BCUT2D eigenvalue weighted by atomic mass is 16.6. The predicted octanol–water partition coefficient (Wildman–Crippen LogP) is 1.38. The van der Waals surface area contributed by atoms with Crippen LogP contribution < -0.4 is 16.0 Å². The number of hydrogen-bond donors (Lipinski definition) is 3. The molecule has 1 heterocycles. The first-order valence-electron chi connectivity index (χ1n) is 7.95. The Bertz CT molecular complexity index is 594. The number of carbonyl (C=O) groups is 1. The van der Waals surface area contributed by atoms with Gasteiger partial charge in [-0.15, -0.1) is 0 Å². The fraction of sp³-hybridized carbons (Fsp3) is 0.562. The number of nitrogens with zero attached hydrogens (tertiary/aromatic N) is 1. The fourth-order valence-corrected chi connectivity index (χ4v) is 3.04. The van der Waals surface area contributed by atoms with Crippen LogP contribution in [0.5, 0.6) is 0 Å². The van der Waals surface area contributed by atoms with Crippen molar-refractivity contribution in [1.82, 2.24) is 10.6 Å². The first kappa shape index (κ1) is 18.2. The van der Waals surface area contributed by atoms with Gasteiger partial charge in [-0.25, -0.2) is 0 Å². The molecular weight excluding hydrogens is 312 g/mol. The van der Waals surface area contributed by atoms with Crippen molar-refractivity contribution >= 4 is 17.3 Å². The number of carbonyl (C=O) groups excluding carboxylic acids is 1. The van der Waals surface area contributed by atoms with Gasteiger partial charge < -0.3 is 20.7 Å². The van der Waals surface area contributed by atoms with E-state index in [-0.39, 0.29) is 22.6 Å². The summed E-state index contributed by atoms with van der Waals surface area (Å²) in [5.74, 6) is -0.348. The van der Waals surface area contributed by atoms with Crippen LogP contribution in [-0.4, -0.2) is 51.2 Å². The maximum atomic E-state index is 11.7. The van der Waals surface area contributed by atoms with Crippen LogP contribution in [0, 0.1) is 15.5 Å². The fourth-order valence-electron chi connectivity index (χ4n) is 3.04. The standard InChI is InChI=1S/C16H24N4O4/c1-17-15(21)12-3-4-13(14(9-12)20(22)23)19-10-16(11-24-2)5-7-18-8-6-16/h3-4,9,18-19H,5-8,10-11H2,1-2H3,(H,17,21). The van der Waals surface area contributed by atoms with Gasteiger partial charge in [0, 0.05) is 37.7 Å². The highest BCUT2D eigenvalue weighted by Crippen LogP contribution is 2.32. The van der Waals surface area contributed by atoms with Crippen molar-refractivity contribution in [2.24, 2.45) is 5.41 Å². The zero-order valence-electron chi connectivity index (χ0n) is 14.1. The zero-order chi connectivity index (χ0) is 17.6. The minimum atomic E-state index is -0.472. The number of anilines is 1. The van der Waals surface area contributed by atoms with E-state index in [9.17, 15) is 14.9 Å². The van der Waals surface area contributed by atoms with E-state index in [2.05, 4.69) is 16.0 Å². The van der Waals surface area contributed by atoms with Gasteiger partial charge in [0.1, 0.15) is 5.69 Å². The lowest BCUT2D eigenvalue weighted by molar-refractivity contribution is -0.384. The molecule has 1 fully saturated rings. The number of ether oxygens (including phenoxy) is 1. The highest BCUT2D eigenvalue weighted by Gasteiger charge is 2.32. The smallest absolute Gasteiger partial charge is 0.293 e. The molecule has 0 atom stereocenters. The van der Waals surface area contributed by atoms with Gasteiger partial charge in [0.05, 0.1) is 11.5 Å². The molecule has 0 radical (unpaired) electrons. The first-order valence-corrected chi connectivity index (χ1v) is 7.95. The number of amides is 1. The Labute approximate surface area is 141 Å². The molecule has 8 heteroatoms. The number of rotatable bonds is 7. The van der Waals surface area contributed by atoms with Crippen LogP contribution in [0.4, 0.5) is 11.4 Å². The molecule has 1 aliphatic rings. The Morgan fingerprint density at radius 1 is 1.42 bits per heavy atom. The monoisotopic (exact) mass is 336 g/mol. The highest BCUT2D eigenvalue weighted by molar-refractivity contribution is 5.95. The number of hydrogen-bond acceptors (Lipinski definition) is 6. The molecule has 1 aromatic carbocycles. The molecule has 1 aliphatic heterocycles. The van der Waals surface area contributed by atoms with E-state index in [1.807, 2.05) is 0 Å². The van der Waals surface area contributed by atoms with Crippen molar-refractivity contribution in [1.29, 1.82) is 0 Å². The summed E-state index contributed by atoms with van der Waals surface area (Å²) in [6.07, 6.45) is 1.88. The molecule has 1 amide bonds. The second kappa shape index (κ2) is 8.07. The number of nitro groups is 1. The lowest BCUT2D eigenvalue weighted by Gasteiger charge is -2.37. The number of piperidine rings is 1. The Kier molecular flexibility index (Phi) is 6.10. The SMILES string of the molecule is CNC(=O)c1ccc(NCC2(COC)CCNCC2)c([N+](=O)[O-])c1.